The molecule has 1 aromatic rings. The van der Waals surface area contributed by atoms with Crippen molar-refractivity contribution in [2.75, 3.05) is 28.2 Å². The van der Waals surface area contributed by atoms with E-state index in [2.05, 4.69) is 10.2 Å². The smallest absolute Gasteiger partial charge is 0.192 e. The van der Waals surface area contributed by atoms with E-state index in [4.69, 9.17) is 5.41 Å². The molecule has 0 aliphatic carbocycles. The number of H-pyrrole nitrogens is 1. The lowest BCUT2D eigenvalue weighted by atomic mass is 10.7. The first-order chi connectivity index (χ1) is 6.05. The first-order valence-electron chi connectivity index (χ1n) is 3.92. The van der Waals surface area contributed by atoms with Gasteiger partial charge in [0.15, 0.2) is 5.96 Å². The summed E-state index contributed by atoms with van der Waals surface area (Å²) in [5, 5.41) is 13.5. The van der Waals surface area contributed by atoms with Crippen molar-refractivity contribution < 1.29 is 0 Å². The largest absolute Gasteiger partial charge is 0.349 e. The summed E-state index contributed by atoms with van der Waals surface area (Å²) in [5.41, 5.74) is 0. The van der Waals surface area contributed by atoms with E-state index in [9.17, 15) is 0 Å². The van der Waals surface area contributed by atoms with Gasteiger partial charge >= 0.3 is 0 Å². The molecule has 5 nitrogen and oxygen atoms in total. The van der Waals surface area contributed by atoms with Crippen molar-refractivity contribution >= 4 is 5.96 Å². The van der Waals surface area contributed by atoms with Gasteiger partial charge in [-0.3, -0.25) is 10.5 Å². The fourth-order valence-corrected chi connectivity index (χ4v) is 0.615. The molecule has 1 aromatic heterocycles. The number of nitrogens with zero attached hydrogens (tertiary/aromatic N) is 3. The quantitative estimate of drug-likeness (QED) is 0.453. The molecular weight excluding hydrogens is 166 g/mol. The summed E-state index contributed by atoms with van der Waals surface area (Å²) < 4.78 is 0. The summed E-state index contributed by atoms with van der Waals surface area (Å²) in [7, 11) is 7.40. The van der Waals surface area contributed by atoms with Crippen LogP contribution >= 0.6 is 0 Å². The molecule has 0 saturated carbocycles. The molecule has 0 spiro atoms. The molecule has 1 heterocycles. The maximum Gasteiger partial charge on any atom is 0.192 e. The van der Waals surface area contributed by atoms with Crippen LogP contribution in [0, 0.1) is 5.41 Å². The lowest BCUT2D eigenvalue weighted by Gasteiger charge is -2.19. The van der Waals surface area contributed by atoms with Crippen LogP contribution in [0.2, 0.25) is 0 Å². The molecule has 13 heavy (non-hydrogen) atoms. The number of hydrogen-bond acceptors (Lipinski definition) is 2. The Morgan fingerprint density at radius 2 is 1.77 bits per heavy atom. The molecule has 0 aliphatic rings. The van der Waals surface area contributed by atoms with Crippen molar-refractivity contribution in [1.82, 2.24) is 20.0 Å². The summed E-state index contributed by atoms with van der Waals surface area (Å²) in [6.07, 6.45) is 3.46. The van der Waals surface area contributed by atoms with Crippen LogP contribution in [-0.2, 0) is 0 Å². The lowest BCUT2D eigenvalue weighted by Crippen LogP contribution is -2.34. The zero-order valence-corrected chi connectivity index (χ0v) is 8.57. The van der Waals surface area contributed by atoms with Gasteiger partial charge in [0.2, 0.25) is 0 Å². The van der Waals surface area contributed by atoms with Crippen LogP contribution in [0.25, 0.3) is 0 Å². The Morgan fingerprint density at radius 3 is 1.85 bits per heavy atom. The fraction of sp³-hybridized carbons (Fsp3) is 0.500. The number of aromatic nitrogens is 2. The average Bonchev–Trinajstić information content (AvgIpc) is 2.59. The maximum atomic E-state index is 7.25. The van der Waals surface area contributed by atoms with Crippen molar-refractivity contribution in [1.29, 1.82) is 5.41 Å². The first-order valence-corrected chi connectivity index (χ1v) is 3.92. The third-order valence-electron chi connectivity index (χ3n) is 1.25. The van der Waals surface area contributed by atoms with E-state index in [0.717, 1.165) is 0 Å². The third kappa shape index (κ3) is 5.72. The van der Waals surface area contributed by atoms with Crippen molar-refractivity contribution in [3.8, 4) is 0 Å². The highest BCUT2D eigenvalue weighted by molar-refractivity contribution is 5.75. The average molecular weight is 183 g/mol. The van der Waals surface area contributed by atoms with Gasteiger partial charge in [0, 0.05) is 40.6 Å². The third-order valence-corrected chi connectivity index (χ3v) is 1.25. The molecule has 0 aromatic carbocycles. The molecule has 0 unspecified atom stereocenters. The van der Waals surface area contributed by atoms with Gasteiger partial charge in [0.05, 0.1) is 0 Å². The minimum absolute atomic E-state index is 0.519. The van der Waals surface area contributed by atoms with E-state index in [1.165, 1.54) is 0 Å². The van der Waals surface area contributed by atoms with Gasteiger partial charge in [0.1, 0.15) is 0 Å². The Hall–Kier alpha value is -1.52. The second kappa shape index (κ2) is 6.05. The predicted molar refractivity (Wildman–Crippen MR) is 53.7 cm³/mol. The standard InChI is InChI=1S/C5H13N3.C3H4N2/c1-7(2)5(6)8(3)4;1-2-4-5-3-1/h6H,1-4H3;1-3H,(H,4,5). The molecule has 0 amide bonds. The Bertz CT molecular complexity index is 187. The van der Waals surface area contributed by atoms with E-state index >= 15 is 0 Å². The van der Waals surface area contributed by atoms with Crippen LogP contribution in [0.4, 0.5) is 0 Å². The van der Waals surface area contributed by atoms with E-state index in [1.54, 1.807) is 22.2 Å². The lowest BCUT2D eigenvalue weighted by molar-refractivity contribution is 0.478. The molecule has 0 aliphatic heterocycles. The Kier molecular flexibility index (Phi) is 5.34. The van der Waals surface area contributed by atoms with Crippen LogP contribution < -0.4 is 0 Å². The molecule has 74 valence electrons. The Labute approximate surface area is 78.9 Å². The molecular formula is C8H17N5. The van der Waals surface area contributed by atoms with Crippen molar-refractivity contribution in [3.63, 3.8) is 0 Å². The van der Waals surface area contributed by atoms with E-state index in [0.29, 0.717) is 5.96 Å². The SMILES string of the molecule is CN(C)C(=N)N(C)C.c1cn[nH]c1. The molecule has 0 bridgehead atoms. The highest BCUT2D eigenvalue weighted by atomic mass is 15.3. The molecule has 0 fully saturated rings. The molecule has 1 rings (SSSR count). The van der Waals surface area contributed by atoms with Crippen LogP contribution in [0.15, 0.2) is 18.5 Å². The Morgan fingerprint density at radius 1 is 1.23 bits per heavy atom. The minimum Gasteiger partial charge on any atom is -0.349 e. The highest BCUT2D eigenvalue weighted by Crippen LogP contribution is 1.80. The van der Waals surface area contributed by atoms with Gasteiger partial charge in [-0.05, 0) is 6.07 Å². The van der Waals surface area contributed by atoms with E-state index in [1.807, 2.05) is 34.3 Å². The number of hydrogen-bond donors (Lipinski definition) is 2. The summed E-state index contributed by atoms with van der Waals surface area (Å²) in [4.78, 5) is 3.50. The van der Waals surface area contributed by atoms with Crippen LogP contribution in [-0.4, -0.2) is 54.1 Å². The topological polar surface area (TPSA) is 59.0 Å². The van der Waals surface area contributed by atoms with Gasteiger partial charge in [-0.15, -0.1) is 0 Å². The normalized spacial score (nSPS) is 8.31. The summed E-state index contributed by atoms with van der Waals surface area (Å²) in [5.74, 6) is 0.519. The van der Waals surface area contributed by atoms with Gasteiger partial charge < -0.3 is 9.80 Å². The zero-order valence-electron chi connectivity index (χ0n) is 8.57. The molecule has 2 N–H and O–H groups in total. The second-order valence-corrected chi connectivity index (χ2v) is 2.88. The first kappa shape index (κ1) is 11.5. The molecule has 0 atom stereocenters. The summed E-state index contributed by atoms with van der Waals surface area (Å²) >= 11 is 0. The van der Waals surface area contributed by atoms with Crippen molar-refractivity contribution in [2.45, 2.75) is 0 Å². The number of aromatic amines is 1. The summed E-state index contributed by atoms with van der Waals surface area (Å²) in [6.45, 7) is 0. The minimum atomic E-state index is 0.519. The molecule has 0 saturated heterocycles. The van der Waals surface area contributed by atoms with Gasteiger partial charge in [-0.25, -0.2) is 0 Å². The van der Waals surface area contributed by atoms with Crippen LogP contribution in [0.3, 0.4) is 0 Å². The Balaban J connectivity index is 0.000000243. The predicted octanol–water partition coefficient (Wildman–Crippen LogP) is 0.454. The summed E-state index contributed by atoms with van der Waals surface area (Å²) in [6, 6.07) is 1.83. The molecule has 5 heteroatoms. The second-order valence-electron chi connectivity index (χ2n) is 2.88. The van der Waals surface area contributed by atoms with Crippen molar-refractivity contribution in [3.05, 3.63) is 18.5 Å². The van der Waals surface area contributed by atoms with Crippen LogP contribution in [0.5, 0.6) is 0 Å². The highest BCUT2D eigenvalue weighted by Gasteiger charge is 1.97. The zero-order chi connectivity index (χ0) is 10.3. The van der Waals surface area contributed by atoms with Gasteiger partial charge in [-0.1, -0.05) is 0 Å². The van der Waals surface area contributed by atoms with E-state index in [-0.39, 0.29) is 0 Å². The monoisotopic (exact) mass is 183 g/mol. The van der Waals surface area contributed by atoms with Crippen molar-refractivity contribution in [2.24, 2.45) is 0 Å². The number of rotatable bonds is 0. The fourth-order valence-electron chi connectivity index (χ4n) is 0.615. The maximum absolute atomic E-state index is 7.25. The number of guanidine groups is 1. The number of nitrogens with one attached hydrogen (secondary N) is 2. The van der Waals surface area contributed by atoms with Gasteiger partial charge in [-0.2, -0.15) is 5.10 Å². The van der Waals surface area contributed by atoms with Gasteiger partial charge in [0.25, 0.3) is 0 Å². The van der Waals surface area contributed by atoms with E-state index < -0.39 is 0 Å². The van der Waals surface area contributed by atoms with Crippen LogP contribution in [0.1, 0.15) is 0 Å². The molecule has 0 radical (unpaired) electrons.